The summed E-state index contributed by atoms with van der Waals surface area (Å²) in [5.41, 5.74) is 3.20. The molecule has 29 heteroatoms. The van der Waals surface area contributed by atoms with Crippen molar-refractivity contribution in [2.75, 3.05) is 34.5 Å². The summed E-state index contributed by atoms with van der Waals surface area (Å²) in [5, 5.41) is 10.8. The fraction of sp³-hybridized carbons (Fsp3) is 0.231. The van der Waals surface area contributed by atoms with E-state index in [4.69, 9.17) is 41.8 Å². The van der Waals surface area contributed by atoms with E-state index in [1.165, 1.54) is 34.4 Å². The normalized spacial score (nSPS) is 25.1. The summed E-state index contributed by atoms with van der Waals surface area (Å²) in [4.78, 5) is 74.0. The number of hydrogen-bond acceptors (Lipinski definition) is 19. The van der Waals surface area contributed by atoms with Gasteiger partial charge in [0.05, 0.1) is 25.9 Å². The Hall–Kier alpha value is -8.34. The lowest BCUT2D eigenvalue weighted by molar-refractivity contribution is -0.130. The number of hydrogen-bond donors (Lipinski definition) is 6. The highest BCUT2D eigenvalue weighted by Gasteiger charge is 2.56. The van der Waals surface area contributed by atoms with Crippen LogP contribution in [0.2, 0.25) is 0 Å². The van der Waals surface area contributed by atoms with E-state index in [0.717, 1.165) is 0 Å². The number of para-hydroxylation sites is 2. The largest absolute Gasteiger partial charge is 0.481 e. The van der Waals surface area contributed by atoms with Crippen LogP contribution in [0.5, 0.6) is 0 Å². The standard InChI is InChI=1S/C52H44N12O15P2/c65-51(59-33-17-9-3-10-18-33)61-45-39-47(55-27-53-45)63(29-57-39)49-43-41(75-37(77-43)23-21-31-13-5-1-6-14-31)35(73-49)25-71-80(67,68)79-81(69,70)72-26-36-42-44(78-38(76-42)24-22-32-15-7-2-8-16-32)50(74-36)64-30-58-40-46(54-28-56-48(40)64)62-52(66)60-34-19-11-4-12-20-34/h1-20,27-30,35-38,41-44,49-50H,25-26H2,(H,67,68)(H,69,70)(H2,53,55,59,61,65)(H2,54,56,60,62,66)/t35-,36-,37?,38?,41-,42-,43-,44-,49-,50-/m1/s1. The summed E-state index contributed by atoms with van der Waals surface area (Å²) in [6.07, 6.45) is -5.62. The molecule has 4 amide bonds. The van der Waals surface area contributed by atoms with Gasteiger partial charge in [-0.3, -0.25) is 28.8 Å². The van der Waals surface area contributed by atoms with Crippen molar-refractivity contribution in [1.82, 2.24) is 39.0 Å². The molecule has 4 aromatic heterocycles. The zero-order valence-electron chi connectivity index (χ0n) is 41.7. The molecule has 12 rings (SSSR count). The first-order chi connectivity index (χ1) is 39.4. The average molecular weight is 1140 g/mol. The summed E-state index contributed by atoms with van der Waals surface area (Å²) >= 11 is 0. The number of nitrogens with zero attached hydrogens (tertiary/aromatic N) is 8. The van der Waals surface area contributed by atoms with E-state index in [-0.39, 0.29) is 34.0 Å². The molecule has 8 aromatic rings. The Morgan fingerprint density at radius 2 is 0.889 bits per heavy atom. The van der Waals surface area contributed by atoms with Gasteiger partial charge >= 0.3 is 27.7 Å². The molecule has 0 spiro atoms. The van der Waals surface area contributed by atoms with Crippen molar-refractivity contribution in [3.63, 3.8) is 0 Å². The number of ether oxygens (including phenoxy) is 6. The minimum Gasteiger partial charge on any atom is -0.347 e. The van der Waals surface area contributed by atoms with Gasteiger partial charge in [-0.2, -0.15) is 4.31 Å². The summed E-state index contributed by atoms with van der Waals surface area (Å²) in [7, 11) is -11.0. The highest BCUT2D eigenvalue weighted by molar-refractivity contribution is 7.61. The third kappa shape index (κ3) is 12.1. The van der Waals surface area contributed by atoms with Crippen molar-refractivity contribution < 1.29 is 70.3 Å². The SMILES string of the molecule is O=C(Nc1ccccc1)Nc1ncnc2c1ncn2[C@@H]1O[C@H](COP(=O)(O)OP(=O)(O)OC[C@H]2O[C@@H](n3cnc4c(NC(=O)Nc5ccccc5)ncnc43)[C@@H]3OC(C#Cc4ccccc4)O[C@@H]32)[C@H]2OC(C#Cc3ccccc3)O[C@H]21. The van der Waals surface area contributed by atoms with Crippen molar-refractivity contribution in [2.24, 2.45) is 0 Å². The summed E-state index contributed by atoms with van der Waals surface area (Å²) in [6, 6.07) is 34.5. The Kier molecular flexibility index (Phi) is 15.2. The number of fused-ring (bicyclic) bond motifs is 4. The highest BCUT2D eigenvalue weighted by Crippen LogP contribution is 2.61. The number of amides is 4. The summed E-state index contributed by atoms with van der Waals surface area (Å²) in [5.74, 6) is 12.0. The van der Waals surface area contributed by atoms with Crippen LogP contribution in [0.15, 0.2) is 147 Å². The van der Waals surface area contributed by atoms with E-state index in [1.54, 1.807) is 72.8 Å². The van der Waals surface area contributed by atoms with Gasteiger partial charge in [0.1, 0.15) is 49.3 Å². The van der Waals surface area contributed by atoms with E-state index in [0.29, 0.717) is 22.5 Å². The average Bonchev–Trinajstić information content (AvgIpc) is 3.92. The van der Waals surface area contributed by atoms with Crippen LogP contribution in [0.25, 0.3) is 22.3 Å². The number of carbonyl (C=O) groups excluding carboxylic acids is 2. The number of aromatic nitrogens is 8. The topological polar surface area (TPSA) is 327 Å². The first-order valence-corrected chi connectivity index (χ1v) is 27.7. The van der Waals surface area contributed by atoms with E-state index in [1.807, 2.05) is 48.5 Å². The molecule has 4 aliphatic rings. The number of imidazole rings is 2. The zero-order valence-corrected chi connectivity index (χ0v) is 43.5. The van der Waals surface area contributed by atoms with Gasteiger partial charge in [0.25, 0.3) is 0 Å². The first kappa shape index (κ1) is 53.3. The Labute approximate surface area is 458 Å². The quantitative estimate of drug-likeness (QED) is 0.0512. The highest BCUT2D eigenvalue weighted by atomic mass is 31.3. The van der Waals surface area contributed by atoms with Gasteiger partial charge in [-0.15, -0.1) is 0 Å². The second-order valence-electron chi connectivity index (χ2n) is 18.1. The number of rotatable bonds is 14. The van der Waals surface area contributed by atoms with Gasteiger partial charge in [-0.25, -0.2) is 48.6 Å². The lowest BCUT2D eigenvalue weighted by Crippen LogP contribution is -2.32. The number of anilines is 4. The predicted molar refractivity (Wildman–Crippen MR) is 283 cm³/mol. The Balaban J connectivity index is 0.734. The molecule has 0 bridgehead atoms. The number of nitrogens with one attached hydrogen (secondary N) is 4. The number of urea groups is 2. The molecule has 6 N–H and O–H groups in total. The Morgan fingerprint density at radius 1 is 0.506 bits per heavy atom. The van der Waals surface area contributed by atoms with Crippen molar-refractivity contribution in [1.29, 1.82) is 0 Å². The predicted octanol–water partition coefficient (Wildman–Crippen LogP) is 6.32. The molecule has 81 heavy (non-hydrogen) atoms. The van der Waals surface area contributed by atoms with Gasteiger partial charge < -0.3 is 48.8 Å². The van der Waals surface area contributed by atoms with Crippen molar-refractivity contribution in [2.45, 2.75) is 61.7 Å². The number of phosphoric acid groups is 2. The van der Waals surface area contributed by atoms with Gasteiger partial charge in [0.2, 0.25) is 12.6 Å². The van der Waals surface area contributed by atoms with Gasteiger partial charge in [0.15, 0.2) is 46.4 Å². The van der Waals surface area contributed by atoms with Gasteiger partial charge in [-0.05, 0) is 60.4 Å². The van der Waals surface area contributed by atoms with Crippen LogP contribution in [-0.2, 0) is 50.9 Å². The maximum atomic E-state index is 13.6. The summed E-state index contributed by atoms with van der Waals surface area (Å²) in [6.45, 7) is -1.51. The molecule has 4 aromatic carbocycles. The fourth-order valence-corrected chi connectivity index (χ4v) is 11.3. The molecule has 412 valence electrons. The molecule has 8 heterocycles. The monoisotopic (exact) mass is 1140 g/mol. The molecule has 4 saturated heterocycles. The summed E-state index contributed by atoms with van der Waals surface area (Å²) < 4.78 is 83.1. The van der Waals surface area contributed by atoms with Crippen LogP contribution in [0.3, 0.4) is 0 Å². The Bertz CT molecular complexity index is 3580. The molecule has 0 aliphatic carbocycles. The lowest BCUT2D eigenvalue weighted by atomic mass is 10.1. The van der Waals surface area contributed by atoms with Crippen LogP contribution in [-0.4, -0.2) is 123 Å². The maximum absolute atomic E-state index is 13.6. The zero-order chi connectivity index (χ0) is 55.5. The molecule has 0 saturated carbocycles. The molecule has 12 atom stereocenters. The van der Waals surface area contributed by atoms with Crippen LogP contribution in [0.1, 0.15) is 23.6 Å². The van der Waals surface area contributed by atoms with E-state index >= 15 is 0 Å². The van der Waals surface area contributed by atoms with E-state index in [9.17, 15) is 28.5 Å². The van der Waals surface area contributed by atoms with Crippen molar-refractivity contribution in [3.05, 3.63) is 158 Å². The molecule has 4 aliphatic heterocycles. The van der Waals surface area contributed by atoms with Crippen LogP contribution in [0, 0.1) is 23.7 Å². The Morgan fingerprint density at radius 3 is 1.30 bits per heavy atom. The molecular weight excluding hydrogens is 1090 g/mol. The van der Waals surface area contributed by atoms with Crippen LogP contribution in [0.4, 0.5) is 32.6 Å². The third-order valence-corrected chi connectivity index (χ3v) is 15.3. The first-order valence-electron chi connectivity index (χ1n) is 24.7. The smallest absolute Gasteiger partial charge is 0.347 e. The van der Waals surface area contributed by atoms with E-state index in [2.05, 4.69) is 74.9 Å². The molecule has 0 radical (unpaired) electrons. The molecule has 4 fully saturated rings. The van der Waals surface area contributed by atoms with Crippen molar-refractivity contribution >= 4 is 73.0 Å². The lowest BCUT2D eigenvalue weighted by Gasteiger charge is -2.22. The van der Waals surface area contributed by atoms with Crippen LogP contribution < -0.4 is 21.3 Å². The number of benzene rings is 4. The third-order valence-electron chi connectivity index (χ3n) is 12.7. The van der Waals surface area contributed by atoms with Gasteiger partial charge in [-0.1, -0.05) is 84.6 Å². The van der Waals surface area contributed by atoms with E-state index < -0.39 is 103 Å². The molecule has 27 nitrogen and oxygen atoms in total. The van der Waals surface area contributed by atoms with Crippen LogP contribution >= 0.6 is 15.6 Å². The molecular formula is C52H44N12O15P2. The maximum Gasteiger partial charge on any atom is 0.481 e. The number of carbonyl (C=O) groups is 2. The molecule has 4 unspecified atom stereocenters. The fourth-order valence-electron chi connectivity index (χ4n) is 9.20. The second-order valence-corrected chi connectivity index (χ2v) is 21.1. The minimum atomic E-state index is -5.49. The minimum absolute atomic E-state index is 0.0724. The van der Waals surface area contributed by atoms with Gasteiger partial charge in [0, 0.05) is 22.5 Å². The number of phosphoric ester groups is 2. The second kappa shape index (κ2) is 23.0. The van der Waals surface area contributed by atoms with Crippen molar-refractivity contribution in [3.8, 4) is 23.7 Å².